The maximum absolute atomic E-state index is 13.3. The largest absolute Gasteiger partial charge is 0.339 e. The molecule has 5 rings (SSSR count). The molecule has 3 nitrogen and oxygen atoms in total. The van der Waals surface area contributed by atoms with E-state index in [0.29, 0.717) is 17.4 Å². The number of benzene rings is 2. The molecule has 1 atom stereocenters. The van der Waals surface area contributed by atoms with Gasteiger partial charge in [0, 0.05) is 19.1 Å². The second-order valence-corrected chi connectivity index (χ2v) is 9.44. The van der Waals surface area contributed by atoms with E-state index in [4.69, 9.17) is 0 Å². The minimum absolute atomic E-state index is 0.0569. The van der Waals surface area contributed by atoms with Gasteiger partial charge in [0.15, 0.2) is 0 Å². The Balaban J connectivity index is 1.26. The van der Waals surface area contributed by atoms with Crippen molar-refractivity contribution in [3.8, 4) is 0 Å². The number of carbonyl (C=O) groups is 1. The van der Waals surface area contributed by atoms with E-state index in [1.165, 1.54) is 49.9 Å². The van der Waals surface area contributed by atoms with Gasteiger partial charge in [-0.1, -0.05) is 60.7 Å². The summed E-state index contributed by atoms with van der Waals surface area (Å²) in [5.74, 6) is 0.442. The summed E-state index contributed by atoms with van der Waals surface area (Å²) in [6.45, 7) is 4.47. The Labute approximate surface area is 174 Å². The van der Waals surface area contributed by atoms with Crippen molar-refractivity contribution < 1.29 is 4.79 Å². The SMILES string of the molecule is O=C1[C@H](c2ccccc2)CC2(CCN(CCc3ccccc3)CC2)CN1C1CC1. The van der Waals surface area contributed by atoms with Crippen molar-refractivity contribution >= 4 is 5.91 Å². The maximum atomic E-state index is 13.3. The molecule has 2 aliphatic heterocycles. The summed E-state index contributed by atoms with van der Waals surface area (Å²) < 4.78 is 0. The van der Waals surface area contributed by atoms with Crippen LogP contribution < -0.4 is 0 Å². The van der Waals surface area contributed by atoms with Crippen LogP contribution in [0.4, 0.5) is 0 Å². The molecule has 3 fully saturated rings. The first-order valence-corrected chi connectivity index (χ1v) is 11.3. The van der Waals surface area contributed by atoms with E-state index in [0.717, 1.165) is 25.9 Å². The lowest BCUT2D eigenvalue weighted by Gasteiger charge is -2.50. The van der Waals surface area contributed by atoms with Gasteiger partial charge in [0.05, 0.1) is 5.92 Å². The van der Waals surface area contributed by atoms with Gasteiger partial charge in [-0.05, 0) is 68.2 Å². The van der Waals surface area contributed by atoms with Crippen LogP contribution in [0.25, 0.3) is 0 Å². The summed E-state index contributed by atoms with van der Waals surface area (Å²) in [6, 6.07) is 21.9. The Morgan fingerprint density at radius 3 is 2.21 bits per heavy atom. The number of amides is 1. The fourth-order valence-corrected chi connectivity index (χ4v) is 5.41. The first kappa shape index (κ1) is 18.9. The third kappa shape index (κ3) is 4.11. The zero-order chi connectivity index (χ0) is 19.7. The minimum atomic E-state index is 0.0569. The molecule has 1 aliphatic carbocycles. The van der Waals surface area contributed by atoms with Crippen molar-refractivity contribution in [3.05, 3.63) is 71.8 Å². The Kier molecular flexibility index (Phi) is 5.17. The molecule has 2 heterocycles. The molecule has 2 aromatic rings. The van der Waals surface area contributed by atoms with E-state index < -0.39 is 0 Å². The molecule has 0 radical (unpaired) electrons. The second-order valence-electron chi connectivity index (χ2n) is 9.44. The predicted molar refractivity (Wildman–Crippen MR) is 117 cm³/mol. The molecule has 0 aromatic heterocycles. The van der Waals surface area contributed by atoms with E-state index in [-0.39, 0.29) is 5.92 Å². The first-order valence-electron chi connectivity index (χ1n) is 11.3. The van der Waals surface area contributed by atoms with E-state index >= 15 is 0 Å². The van der Waals surface area contributed by atoms with Crippen LogP contribution >= 0.6 is 0 Å². The quantitative estimate of drug-likeness (QED) is 0.753. The van der Waals surface area contributed by atoms with Crippen molar-refractivity contribution in [1.29, 1.82) is 0 Å². The van der Waals surface area contributed by atoms with Gasteiger partial charge < -0.3 is 9.80 Å². The van der Waals surface area contributed by atoms with Crippen LogP contribution in [0, 0.1) is 5.41 Å². The Morgan fingerprint density at radius 2 is 1.55 bits per heavy atom. The average molecular weight is 389 g/mol. The predicted octanol–water partition coefficient (Wildman–Crippen LogP) is 4.49. The van der Waals surface area contributed by atoms with E-state index in [2.05, 4.69) is 70.5 Å². The van der Waals surface area contributed by atoms with Crippen LogP contribution in [-0.2, 0) is 11.2 Å². The average Bonchev–Trinajstić information content (AvgIpc) is 3.62. The van der Waals surface area contributed by atoms with Gasteiger partial charge in [0.2, 0.25) is 5.91 Å². The highest BCUT2D eigenvalue weighted by Gasteiger charge is 2.49. The van der Waals surface area contributed by atoms with E-state index in [1.807, 2.05) is 0 Å². The zero-order valence-corrected chi connectivity index (χ0v) is 17.3. The second kappa shape index (κ2) is 7.95. The highest BCUT2D eigenvalue weighted by molar-refractivity contribution is 5.85. The van der Waals surface area contributed by atoms with Gasteiger partial charge >= 0.3 is 0 Å². The van der Waals surface area contributed by atoms with Crippen molar-refractivity contribution in [2.45, 2.75) is 50.5 Å². The van der Waals surface area contributed by atoms with Crippen LogP contribution in [0.3, 0.4) is 0 Å². The molecular formula is C26H32N2O. The smallest absolute Gasteiger partial charge is 0.230 e. The molecule has 152 valence electrons. The minimum Gasteiger partial charge on any atom is -0.339 e. The summed E-state index contributed by atoms with van der Waals surface area (Å²) in [5.41, 5.74) is 2.95. The van der Waals surface area contributed by atoms with Crippen molar-refractivity contribution in [1.82, 2.24) is 9.80 Å². The lowest BCUT2D eigenvalue weighted by Crippen LogP contribution is -2.54. The van der Waals surface area contributed by atoms with Crippen molar-refractivity contribution in [2.75, 3.05) is 26.2 Å². The number of nitrogens with zero attached hydrogens (tertiary/aromatic N) is 2. The summed E-state index contributed by atoms with van der Waals surface area (Å²) in [7, 11) is 0. The number of piperidine rings is 2. The molecular weight excluding hydrogens is 356 g/mol. The molecule has 1 spiro atoms. The zero-order valence-electron chi connectivity index (χ0n) is 17.3. The van der Waals surface area contributed by atoms with E-state index in [9.17, 15) is 4.79 Å². The summed E-state index contributed by atoms with van der Waals surface area (Å²) in [4.78, 5) is 18.2. The molecule has 0 bridgehead atoms. The fourth-order valence-electron chi connectivity index (χ4n) is 5.41. The topological polar surface area (TPSA) is 23.6 Å². The van der Waals surface area contributed by atoms with Gasteiger partial charge in [0.1, 0.15) is 0 Å². The standard InChI is InChI=1S/C26H32N2O/c29-25-24(22-9-5-2-6-10-22)19-26(20-28(25)23-11-12-23)14-17-27(18-15-26)16-13-21-7-3-1-4-8-21/h1-10,23-24H,11-20H2/t24-/m0/s1. The number of hydrogen-bond donors (Lipinski definition) is 0. The third-order valence-electron chi connectivity index (χ3n) is 7.39. The van der Waals surface area contributed by atoms with Crippen LogP contribution in [0.15, 0.2) is 60.7 Å². The number of likely N-dealkylation sites (tertiary alicyclic amines) is 2. The fraction of sp³-hybridized carbons (Fsp3) is 0.500. The van der Waals surface area contributed by atoms with Gasteiger partial charge in [0.25, 0.3) is 0 Å². The van der Waals surface area contributed by atoms with Crippen molar-refractivity contribution in [2.24, 2.45) is 5.41 Å². The van der Waals surface area contributed by atoms with Crippen LogP contribution in [-0.4, -0.2) is 47.9 Å². The van der Waals surface area contributed by atoms with Gasteiger partial charge in [-0.3, -0.25) is 4.79 Å². The monoisotopic (exact) mass is 388 g/mol. The van der Waals surface area contributed by atoms with E-state index in [1.54, 1.807) is 0 Å². The van der Waals surface area contributed by atoms with Gasteiger partial charge in [-0.2, -0.15) is 0 Å². The van der Waals surface area contributed by atoms with Crippen LogP contribution in [0.2, 0.25) is 0 Å². The normalized spacial score (nSPS) is 24.8. The lowest BCUT2D eigenvalue weighted by molar-refractivity contribution is -0.142. The van der Waals surface area contributed by atoms with Crippen LogP contribution in [0.5, 0.6) is 0 Å². The van der Waals surface area contributed by atoms with Gasteiger partial charge in [-0.15, -0.1) is 0 Å². The Morgan fingerprint density at radius 1 is 0.897 bits per heavy atom. The molecule has 29 heavy (non-hydrogen) atoms. The van der Waals surface area contributed by atoms with Gasteiger partial charge in [-0.25, -0.2) is 0 Å². The molecule has 2 aromatic carbocycles. The molecule has 3 heteroatoms. The molecule has 0 N–H and O–H groups in total. The summed E-state index contributed by atoms with van der Waals surface area (Å²) in [6.07, 6.45) is 7.01. The molecule has 1 amide bonds. The molecule has 3 aliphatic rings. The van der Waals surface area contributed by atoms with Crippen molar-refractivity contribution in [3.63, 3.8) is 0 Å². The number of rotatable bonds is 5. The molecule has 1 saturated carbocycles. The summed E-state index contributed by atoms with van der Waals surface area (Å²) in [5, 5.41) is 0. The number of hydrogen-bond acceptors (Lipinski definition) is 2. The third-order valence-corrected chi connectivity index (χ3v) is 7.39. The number of carbonyl (C=O) groups excluding carboxylic acids is 1. The first-order chi connectivity index (χ1) is 14.2. The Hall–Kier alpha value is -2.13. The Bertz CT molecular complexity index is 822. The lowest BCUT2D eigenvalue weighted by atomic mass is 9.67. The summed E-state index contributed by atoms with van der Waals surface area (Å²) >= 11 is 0. The maximum Gasteiger partial charge on any atom is 0.230 e. The molecule has 0 unspecified atom stereocenters. The highest BCUT2D eigenvalue weighted by Crippen LogP contribution is 2.48. The molecule has 2 saturated heterocycles. The highest BCUT2D eigenvalue weighted by atomic mass is 16.2. The van der Waals surface area contributed by atoms with Crippen LogP contribution in [0.1, 0.15) is 49.1 Å².